The smallest absolute Gasteiger partial charge is 0.152 e. The predicted molar refractivity (Wildman–Crippen MR) is 68.5 cm³/mol. The van der Waals surface area contributed by atoms with Gasteiger partial charge in [0.1, 0.15) is 17.1 Å². The maximum absolute atomic E-state index is 5.29. The lowest BCUT2D eigenvalue weighted by Crippen LogP contribution is -2.03. The molecule has 0 atom stereocenters. The lowest BCUT2D eigenvalue weighted by molar-refractivity contribution is 0.518. The highest BCUT2D eigenvalue weighted by molar-refractivity contribution is 5.71. The third-order valence-corrected chi connectivity index (χ3v) is 2.92. The van der Waals surface area contributed by atoms with Crippen molar-refractivity contribution in [1.82, 2.24) is 14.4 Å². The maximum Gasteiger partial charge on any atom is 0.152 e. The van der Waals surface area contributed by atoms with Crippen molar-refractivity contribution in [2.45, 2.75) is 20.4 Å². The molecule has 0 amide bonds. The Morgan fingerprint density at radius 3 is 3.06 bits per heavy atom. The van der Waals surface area contributed by atoms with E-state index in [1.165, 1.54) is 0 Å². The predicted octanol–water partition coefficient (Wildman–Crippen LogP) is 2.55. The number of rotatable bonds is 3. The van der Waals surface area contributed by atoms with Crippen LogP contribution in [0.3, 0.4) is 0 Å². The van der Waals surface area contributed by atoms with E-state index in [-0.39, 0.29) is 0 Å². The zero-order chi connectivity index (χ0) is 12.5. The molecule has 0 fully saturated rings. The molecule has 5 nitrogen and oxygen atoms in total. The Bertz CT molecular complexity index is 670. The van der Waals surface area contributed by atoms with E-state index in [1.807, 2.05) is 36.6 Å². The highest BCUT2D eigenvalue weighted by atomic mass is 16.3. The molecule has 0 saturated carbocycles. The second-order valence-electron chi connectivity index (χ2n) is 4.17. The van der Waals surface area contributed by atoms with E-state index in [0.717, 1.165) is 28.6 Å². The Morgan fingerprint density at radius 2 is 2.28 bits per heavy atom. The van der Waals surface area contributed by atoms with Crippen molar-refractivity contribution in [2.24, 2.45) is 0 Å². The lowest BCUT2D eigenvalue weighted by Gasteiger charge is -2.06. The fourth-order valence-electron chi connectivity index (χ4n) is 2.10. The van der Waals surface area contributed by atoms with Crippen LogP contribution in [0, 0.1) is 13.8 Å². The highest BCUT2D eigenvalue weighted by Crippen LogP contribution is 2.19. The monoisotopic (exact) mass is 242 g/mol. The van der Waals surface area contributed by atoms with E-state index in [1.54, 1.807) is 12.5 Å². The Kier molecular flexibility index (Phi) is 2.51. The number of aryl methyl sites for hydroxylation is 2. The number of nitrogens with one attached hydrogen (secondary N) is 1. The molecule has 92 valence electrons. The molecular weight excluding hydrogens is 228 g/mol. The van der Waals surface area contributed by atoms with Gasteiger partial charge in [0, 0.05) is 12.4 Å². The molecule has 0 radical (unpaired) electrons. The highest BCUT2D eigenvalue weighted by Gasteiger charge is 2.10. The van der Waals surface area contributed by atoms with Crippen LogP contribution in [0.5, 0.6) is 0 Å². The molecule has 3 aromatic rings. The van der Waals surface area contributed by atoms with Crippen LogP contribution >= 0.6 is 0 Å². The van der Waals surface area contributed by atoms with Crippen molar-refractivity contribution in [3.05, 3.63) is 48.1 Å². The molecule has 3 heterocycles. The van der Waals surface area contributed by atoms with Gasteiger partial charge in [0.2, 0.25) is 0 Å². The van der Waals surface area contributed by atoms with Gasteiger partial charge in [-0.05, 0) is 26.0 Å². The number of furan rings is 1. The van der Waals surface area contributed by atoms with Gasteiger partial charge in [0.25, 0.3) is 0 Å². The van der Waals surface area contributed by atoms with Crippen LogP contribution in [0.4, 0.5) is 5.82 Å². The van der Waals surface area contributed by atoms with Gasteiger partial charge in [0.15, 0.2) is 5.82 Å². The second-order valence-corrected chi connectivity index (χ2v) is 4.17. The number of hydrogen-bond donors (Lipinski definition) is 1. The normalized spacial score (nSPS) is 11.0. The molecule has 0 saturated heterocycles. The summed E-state index contributed by atoms with van der Waals surface area (Å²) in [5.74, 6) is 2.67. The summed E-state index contributed by atoms with van der Waals surface area (Å²) in [4.78, 5) is 8.82. The summed E-state index contributed by atoms with van der Waals surface area (Å²) in [5.41, 5.74) is 1.99. The first kappa shape index (κ1) is 10.8. The van der Waals surface area contributed by atoms with Crippen LogP contribution in [-0.2, 0) is 6.54 Å². The molecular formula is C13H14N4O. The van der Waals surface area contributed by atoms with E-state index in [4.69, 9.17) is 4.42 Å². The first-order valence-corrected chi connectivity index (χ1v) is 5.82. The Hall–Kier alpha value is -2.30. The molecule has 5 heteroatoms. The van der Waals surface area contributed by atoms with Gasteiger partial charge in [-0.1, -0.05) is 0 Å². The van der Waals surface area contributed by atoms with E-state index in [2.05, 4.69) is 15.3 Å². The van der Waals surface area contributed by atoms with Crippen molar-refractivity contribution >= 4 is 11.3 Å². The van der Waals surface area contributed by atoms with Gasteiger partial charge >= 0.3 is 0 Å². The van der Waals surface area contributed by atoms with Crippen molar-refractivity contribution in [1.29, 1.82) is 0 Å². The van der Waals surface area contributed by atoms with E-state index >= 15 is 0 Å². The molecule has 18 heavy (non-hydrogen) atoms. The minimum atomic E-state index is 0.614. The van der Waals surface area contributed by atoms with Crippen LogP contribution in [0.2, 0.25) is 0 Å². The minimum absolute atomic E-state index is 0.614. The van der Waals surface area contributed by atoms with Crippen LogP contribution in [-0.4, -0.2) is 14.4 Å². The van der Waals surface area contributed by atoms with Crippen molar-refractivity contribution in [3.63, 3.8) is 0 Å². The van der Waals surface area contributed by atoms with Gasteiger partial charge in [-0.3, -0.25) is 4.40 Å². The van der Waals surface area contributed by atoms with E-state index in [0.29, 0.717) is 6.54 Å². The maximum atomic E-state index is 5.29. The molecule has 3 rings (SSSR count). The number of anilines is 1. The summed E-state index contributed by atoms with van der Waals surface area (Å²) in [6.45, 7) is 4.59. The first-order valence-electron chi connectivity index (χ1n) is 5.82. The second kappa shape index (κ2) is 4.18. The van der Waals surface area contributed by atoms with Crippen LogP contribution in [0.1, 0.15) is 17.3 Å². The van der Waals surface area contributed by atoms with E-state index in [9.17, 15) is 0 Å². The van der Waals surface area contributed by atoms with Gasteiger partial charge in [0.05, 0.1) is 18.5 Å². The molecule has 1 N–H and O–H groups in total. The standard InChI is InChI=1S/C13H14N4O/c1-9-12-13(15-8-11-4-3-7-18-11)14-5-6-17(12)10(2)16-9/h3-7H,8H2,1-2H3,(H,14,15). The molecule has 0 aliphatic carbocycles. The number of hydrogen-bond acceptors (Lipinski definition) is 4. The summed E-state index contributed by atoms with van der Waals surface area (Å²) in [6.07, 6.45) is 5.35. The van der Waals surface area contributed by atoms with Crippen LogP contribution in [0.15, 0.2) is 35.2 Å². The number of fused-ring (bicyclic) bond motifs is 1. The summed E-state index contributed by atoms with van der Waals surface area (Å²) in [7, 11) is 0. The lowest BCUT2D eigenvalue weighted by atomic mass is 10.3. The average Bonchev–Trinajstić information content (AvgIpc) is 2.97. The largest absolute Gasteiger partial charge is 0.467 e. The van der Waals surface area contributed by atoms with Gasteiger partial charge in [-0.15, -0.1) is 0 Å². The Morgan fingerprint density at radius 1 is 1.39 bits per heavy atom. The molecule has 0 aliphatic rings. The van der Waals surface area contributed by atoms with Gasteiger partial charge in [-0.2, -0.15) is 0 Å². The molecule has 0 aromatic carbocycles. The summed E-state index contributed by atoms with van der Waals surface area (Å²) < 4.78 is 7.32. The van der Waals surface area contributed by atoms with Crippen LogP contribution in [0.25, 0.3) is 5.52 Å². The summed E-state index contributed by atoms with van der Waals surface area (Å²) in [5, 5.41) is 3.28. The first-order chi connectivity index (χ1) is 8.75. The number of imidazole rings is 1. The van der Waals surface area contributed by atoms with Crippen LogP contribution < -0.4 is 5.32 Å². The summed E-state index contributed by atoms with van der Waals surface area (Å²) in [6, 6.07) is 3.81. The van der Waals surface area contributed by atoms with Crippen molar-refractivity contribution in [2.75, 3.05) is 5.32 Å². The molecule has 0 spiro atoms. The topological polar surface area (TPSA) is 55.4 Å². The quantitative estimate of drug-likeness (QED) is 0.766. The van der Waals surface area contributed by atoms with E-state index < -0.39 is 0 Å². The third kappa shape index (κ3) is 1.73. The zero-order valence-electron chi connectivity index (χ0n) is 10.3. The fourth-order valence-corrected chi connectivity index (χ4v) is 2.10. The third-order valence-electron chi connectivity index (χ3n) is 2.92. The number of nitrogens with zero attached hydrogens (tertiary/aromatic N) is 3. The fraction of sp³-hybridized carbons (Fsp3) is 0.231. The average molecular weight is 242 g/mol. The number of aromatic nitrogens is 3. The molecule has 0 unspecified atom stereocenters. The molecule has 3 aromatic heterocycles. The van der Waals surface area contributed by atoms with Crippen molar-refractivity contribution < 1.29 is 4.42 Å². The Labute approximate surface area is 104 Å². The molecule has 0 aliphatic heterocycles. The SMILES string of the molecule is Cc1nc(C)n2ccnc(NCc3ccco3)c12. The molecule has 0 bridgehead atoms. The summed E-state index contributed by atoms with van der Waals surface area (Å²) >= 11 is 0. The van der Waals surface area contributed by atoms with Gasteiger partial charge in [-0.25, -0.2) is 9.97 Å². The Balaban J connectivity index is 1.96. The van der Waals surface area contributed by atoms with Crippen molar-refractivity contribution in [3.8, 4) is 0 Å². The minimum Gasteiger partial charge on any atom is -0.467 e. The van der Waals surface area contributed by atoms with Gasteiger partial charge < -0.3 is 9.73 Å². The zero-order valence-corrected chi connectivity index (χ0v) is 10.3.